The second-order valence-corrected chi connectivity index (χ2v) is 10.0. The van der Waals surface area contributed by atoms with Crippen LogP contribution in [0.3, 0.4) is 0 Å². The Morgan fingerprint density at radius 3 is 2.30 bits per heavy atom. The number of carbonyl (C=O) groups is 1. The van der Waals surface area contributed by atoms with E-state index in [1.54, 1.807) is 18.2 Å². The number of carbonyl (C=O) groups excluding carboxylic acids is 1. The van der Waals surface area contributed by atoms with Crippen molar-refractivity contribution in [1.29, 1.82) is 0 Å². The highest BCUT2D eigenvalue weighted by Crippen LogP contribution is 2.29. The molecular formula is C22H38ClN3O3S. The van der Waals surface area contributed by atoms with E-state index in [0.717, 1.165) is 38.5 Å². The zero-order chi connectivity index (χ0) is 20.0. The molecule has 2 aliphatic rings. The van der Waals surface area contributed by atoms with E-state index in [9.17, 15) is 13.2 Å². The molecule has 1 aromatic rings. The van der Waals surface area contributed by atoms with Gasteiger partial charge in [-0.25, -0.2) is 13.2 Å². The molecule has 0 spiro atoms. The summed E-state index contributed by atoms with van der Waals surface area (Å²) in [5, 5.41) is 6.18. The van der Waals surface area contributed by atoms with Gasteiger partial charge in [-0.2, -0.15) is 4.31 Å². The first kappa shape index (κ1) is 26.7. The van der Waals surface area contributed by atoms with Crippen molar-refractivity contribution in [2.75, 3.05) is 13.1 Å². The molecule has 172 valence electrons. The number of hydrogen-bond acceptors (Lipinski definition) is 3. The van der Waals surface area contributed by atoms with E-state index in [0.29, 0.717) is 13.1 Å². The van der Waals surface area contributed by atoms with Gasteiger partial charge in [-0.05, 0) is 37.8 Å². The summed E-state index contributed by atoms with van der Waals surface area (Å²) in [5.74, 6) is 0. The van der Waals surface area contributed by atoms with E-state index in [2.05, 4.69) is 10.6 Å². The highest BCUT2D eigenvalue weighted by molar-refractivity contribution is 7.89. The number of nitrogens with one attached hydrogen (secondary N) is 2. The maximum absolute atomic E-state index is 13.0. The summed E-state index contributed by atoms with van der Waals surface area (Å²) in [7, 11) is -3.67. The molecule has 2 N–H and O–H groups in total. The number of hydrogen-bond donors (Lipinski definition) is 2. The SMILES string of the molecule is C.C.O=C(NCC1CCCN1S(=O)(=O)c1ccccc1Cl)NC1CCCCCCC1. The highest BCUT2D eigenvalue weighted by atomic mass is 35.5. The van der Waals surface area contributed by atoms with Crippen LogP contribution in [-0.4, -0.2) is 43.9 Å². The van der Waals surface area contributed by atoms with Crippen molar-refractivity contribution < 1.29 is 13.2 Å². The molecule has 8 heteroatoms. The van der Waals surface area contributed by atoms with Crippen molar-refractivity contribution in [2.24, 2.45) is 0 Å². The van der Waals surface area contributed by atoms with Gasteiger partial charge in [-0.3, -0.25) is 0 Å². The molecule has 0 aromatic heterocycles. The van der Waals surface area contributed by atoms with Crippen LogP contribution in [0.4, 0.5) is 4.79 Å². The molecule has 6 nitrogen and oxygen atoms in total. The van der Waals surface area contributed by atoms with Crippen molar-refractivity contribution in [3.8, 4) is 0 Å². The number of halogens is 1. The van der Waals surface area contributed by atoms with Crippen molar-refractivity contribution in [2.45, 2.75) is 89.6 Å². The van der Waals surface area contributed by atoms with Crippen molar-refractivity contribution in [1.82, 2.24) is 14.9 Å². The van der Waals surface area contributed by atoms with Gasteiger partial charge >= 0.3 is 6.03 Å². The molecule has 1 aromatic carbocycles. The third-order valence-electron chi connectivity index (χ3n) is 5.69. The Bertz CT molecular complexity index is 765. The average Bonchev–Trinajstić information content (AvgIpc) is 3.12. The van der Waals surface area contributed by atoms with Gasteiger partial charge in [-0.15, -0.1) is 0 Å². The number of benzene rings is 1. The van der Waals surface area contributed by atoms with Crippen molar-refractivity contribution >= 4 is 27.7 Å². The number of rotatable bonds is 5. The molecule has 2 amide bonds. The first-order chi connectivity index (χ1) is 13.5. The van der Waals surface area contributed by atoms with Crippen LogP contribution < -0.4 is 10.6 Å². The van der Waals surface area contributed by atoms with Gasteiger partial charge in [0.2, 0.25) is 10.0 Å². The smallest absolute Gasteiger partial charge is 0.315 e. The van der Waals surface area contributed by atoms with Crippen LogP contribution in [0.1, 0.15) is 72.6 Å². The first-order valence-electron chi connectivity index (χ1n) is 10.3. The van der Waals surface area contributed by atoms with E-state index in [-0.39, 0.29) is 42.9 Å². The van der Waals surface area contributed by atoms with E-state index in [4.69, 9.17) is 11.6 Å². The molecule has 0 radical (unpaired) electrons. The zero-order valence-electron chi connectivity index (χ0n) is 16.2. The van der Waals surface area contributed by atoms with Crippen molar-refractivity contribution in [3.05, 3.63) is 29.3 Å². The summed E-state index contributed by atoms with van der Waals surface area (Å²) < 4.78 is 27.5. The van der Waals surface area contributed by atoms with Gasteiger partial charge in [-0.1, -0.05) is 70.7 Å². The quantitative estimate of drug-likeness (QED) is 0.636. The summed E-state index contributed by atoms with van der Waals surface area (Å²) in [6, 6.07) is 6.26. The number of amides is 2. The highest BCUT2D eigenvalue weighted by Gasteiger charge is 2.36. The summed E-state index contributed by atoms with van der Waals surface area (Å²) in [6.07, 6.45) is 9.60. The van der Waals surface area contributed by atoms with Gasteiger partial charge in [0.15, 0.2) is 0 Å². The number of nitrogens with zero attached hydrogens (tertiary/aromatic N) is 1. The summed E-state index contributed by atoms with van der Waals surface area (Å²) in [5.41, 5.74) is 0. The van der Waals surface area contributed by atoms with Crippen molar-refractivity contribution in [3.63, 3.8) is 0 Å². The van der Waals surface area contributed by atoms with Gasteiger partial charge < -0.3 is 10.6 Å². The van der Waals surface area contributed by atoms with Crippen LogP contribution in [0.25, 0.3) is 0 Å². The van der Waals surface area contributed by atoms with Gasteiger partial charge in [0.25, 0.3) is 0 Å². The molecule has 1 aliphatic carbocycles. The fourth-order valence-electron chi connectivity index (χ4n) is 4.16. The lowest BCUT2D eigenvalue weighted by atomic mass is 9.97. The Balaban J connectivity index is 0.00000225. The molecule has 1 unspecified atom stereocenters. The van der Waals surface area contributed by atoms with Crippen LogP contribution in [0.15, 0.2) is 29.2 Å². The van der Waals surface area contributed by atoms with E-state index in [1.807, 2.05) is 0 Å². The predicted octanol–water partition coefficient (Wildman–Crippen LogP) is 5.18. The summed E-state index contributed by atoms with van der Waals surface area (Å²) in [4.78, 5) is 12.5. The third-order valence-corrected chi connectivity index (χ3v) is 8.14. The maximum Gasteiger partial charge on any atom is 0.315 e. The van der Waals surface area contributed by atoms with E-state index in [1.165, 1.54) is 29.6 Å². The normalized spacial score (nSPS) is 20.9. The molecule has 30 heavy (non-hydrogen) atoms. The van der Waals surface area contributed by atoms with Gasteiger partial charge in [0, 0.05) is 25.2 Å². The molecule has 1 saturated carbocycles. The fraction of sp³-hybridized carbons (Fsp3) is 0.682. The Kier molecular flexibility index (Phi) is 11.2. The minimum absolute atomic E-state index is 0. The predicted molar refractivity (Wildman–Crippen MR) is 124 cm³/mol. The third kappa shape index (κ3) is 6.86. The summed E-state index contributed by atoms with van der Waals surface area (Å²) in [6.45, 7) is 0.756. The Morgan fingerprint density at radius 2 is 1.63 bits per heavy atom. The topological polar surface area (TPSA) is 78.5 Å². The molecule has 1 atom stereocenters. The Hall–Kier alpha value is -1.31. The molecule has 2 fully saturated rings. The Morgan fingerprint density at radius 1 is 1.00 bits per heavy atom. The van der Waals surface area contributed by atoms with Crippen LogP contribution in [0, 0.1) is 0 Å². The summed E-state index contributed by atoms with van der Waals surface area (Å²) >= 11 is 6.11. The minimum Gasteiger partial charge on any atom is -0.337 e. The Labute approximate surface area is 187 Å². The average molecular weight is 460 g/mol. The lowest BCUT2D eigenvalue weighted by Gasteiger charge is -2.26. The molecule has 1 saturated heterocycles. The molecule has 1 heterocycles. The van der Waals surface area contributed by atoms with Crippen LogP contribution in [0.5, 0.6) is 0 Å². The van der Waals surface area contributed by atoms with Crippen LogP contribution in [-0.2, 0) is 10.0 Å². The largest absolute Gasteiger partial charge is 0.337 e. The van der Waals surface area contributed by atoms with E-state index >= 15 is 0 Å². The molecule has 3 rings (SSSR count). The van der Waals surface area contributed by atoms with Gasteiger partial charge in [0.1, 0.15) is 4.90 Å². The van der Waals surface area contributed by atoms with Gasteiger partial charge in [0.05, 0.1) is 5.02 Å². The molecule has 0 bridgehead atoms. The standard InChI is InChI=1S/C20H30ClN3O3S.2CH4/c21-18-12-6-7-13-19(18)28(26,27)24-14-8-11-17(24)15-22-20(25)23-16-9-4-2-1-3-5-10-16;;/h6-7,12-13,16-17H,1-5,8-11,14-15H2,(H2,22,23,25);2*1H4. The monoisotopic (exact) mass is 459 g/mol. The zero-order valence-corrected chi connectivity index (χ0v) is 17.8. The van der Waals surface area contributed by atoms with Crippen LogP contribution in [0.2, 0.25) is 5.02 Å². The first-order valence-corrected chi connectivity index (χ1v) is 12.1. The molecule has 1 aliphatic heterocycles. The van der Waals surface area contributed by atoms with E-state index < -0.39 is 10.0 Å². The van der Waals surface area contributed by atoms with Crippen LogP contribution >= 0.6 is 11.6 Å². The fourth-order valence-corrected chi connectivity index (χ4v) is 6.35. The maximum atomic E-state index is 13.0. The second kappa shape index (κ2) is 12.5. The number of urea groups is 1. The minimum atomic E-state index is -3.67. The molecular weight excluding hydrogens is 422 g/mol. The number of sulfonamides is 1. The lowest BCUT2D eigenvalue weighted by Crippen LogP contribution is -2.48. The second-order valence-electron chi connectivity index (χ2n) is 7.74. The lowest BCUT2D eigenvalue weighted by molar-refractivity contribution is 0.231.